The monoisotopic (exact) mass is 292 g/mol. The fraction of sp³-hybridized carbons (Fsp3) is 0.917. The summed E-state index contributed by atoms with van der Waals surface area (Å²) in [6.45, 7) is 5.25. The molecular weight excluding hydrogens is 268 g/mol. The van der Waals surface area contributed by atoms with Gasteiger partial charge in [-0.05, 0) is 18.3 Å². The summed E-state index contributed by atoms with van der Waals surface area (Å²) in [6, 6.07) is 0. The molecule has 1 rings (SSSR count). The first kappa shape index (κ1) is 16.4. The first-order chi connectivity index (χ1) is 8.59. The number of aliphatic hydroxyl groups excluding tert-OH is 1. The molecule has 0 radical (unpaired) electrons. The van der Waals surface area contributed by atoms with E-state index in [1.165, 1.54) is 0 Å². The summed E-state index contributed by atoms with van der Waals surface area (Å²) in [5.74, 6) is 0.0286. The Balaban J connectivity index is 2.39. The molecule has 0 spiro atoms. The molecule has 7 heteroatoms. The van der Waals surface area contributed by atoms with Crippen LogP contribution in [0.5, 0.6) is 0 Å². The van der Waals surface area contributed by atoms with Crippen molar-refractivity contribution in [3.05, 3.63) is 0 Å². The number of sulfonamides is 1. The highest BCUT2D eigenvalue weighted by atomic mass is 32.2. The van der Waals surface area contributed by atoms with Crippen molar-refractivity contribution in [2.45, 2.75) is 39.2 Å². The minimum Gasteiger partial charge on any atom is -0.391 e. The molecule has 1 unspecified atom stereocenters. The first-order valence-corrected chi connectivity index (χ1v) is 8.39. The topological polar surface area (TPSA) is 86.7 Å². The Hall–Kier alpha value is -0.660. The van der Waals surface area contributed by atoms with Gasteiger partial charge in [0.15, 0.2) is 0 Å². The van der Waals surface area contributed by atoms with Gasteiger partial charge in [-0.25, -0.2) is 13.1 Å². The van der Waals surface area contributed by atoms with E-state index >= 15 is 0 Å². The van der Waals surface area contributed by atoms with Crippen molar-refractivity contribution < 1.29 is 18.3 Å². The number of nitrogens with one attached hydrogen (secondary N) is 1. The third-order valence-corrected chi connectivity index (χ3v) is 4.04. The molecule has 1 heterocycles. The van der Waals surface area contributed by atoms with Crippen LogP contribution < -0.4 is 4.72 Å². The maximum atomic E-state index is 12.0. The van der Waals surface area contributed by atoms with Crippen molar-refractivity contribution in [3.8, 4) is 0 Å². The minimum absolute atomic E-state index is 0.0286. The lowest BCUT2D eigenvalue weighted by molar-refractivity contribution is -0.132. The molecule has 1 aliphatic heterocycles. The van der Waals surface area contributed by atoms with E-state index in [0.29, 0.717) is 38.9 Å². The Morgan fingerprint density at radius 3 is 2.58 bits per heavy atom. The fourth-order valence-electron chi connectivity index (χ4n) is 2.15. The molecule has 1 fully saturated rings. The van der Waals surface area contributed by atoms with Gasteiger partial charge in [-0.1, -0.05) is 13.8 Å². The number of β-amino-alcohol motifs (C(OH)–C–C–N with tert-alkyl or cyclic N) is 1. The van der Waals surface area contributed by atoms with Gasteiger partial charge in [-0.2, -0.15) is 0 Å². The second-order valence-corrected chi connectivity index (χ2v) is 7.87. The van der Waals surface area contributed by atoms with E-state index in [2.05, 4.69) is 4.72 Å². The number of rotatable bonds is 6. The van der Waals surface area contributed by atoms with Crippen LogP contribution >= 0.6 is 0 Å². The summed E-state index contributed by atoms with van der Waals surface area (Å²) in [6.07, 6.45) is 2.32. The van der Waals surface area contributed by atoms with Gasteiger partial charge in [-0.15, -0.1) is 0 Å². The molecule has 112 valence electrons. The van der Waals surface area contributed by atoms with Gasteiger partial charge in [0.1, 0.15) is 0 Å². The van der Waals surface area contributed by atoms with E-state index in [1.807, 2.05) is 13.8 Å². The lowest BCUT2D eigenvalue weighted by Crippen LogP contribution is -2.34. The van der Waals surface area contributed by atoms with Gasteiger partial charge in [0.05, 0.1) is 12.4 Å². The van der Waals surface area contributed by atoms with Crippen LogP contribution in [0.2, 0.25) is 0 Å². The summed E-state index contributed by atoms with van der Waals surface area (Å²) in [5.41, 5.74) is -0.262. The lowest BCUT2D eigenvalue weighted by Gasteiger charge is -2.26. The molecule has 0 saturated carbocycles. The summed E-state index contributed by atoms with van der Waals surface area (Å²) >= 11 is 0. The van der Waals surface area contributed by atoms with Crippen molar-refractivity contribution in [3.63, 3.8) is 0 Å². The average molecular weight is 292 g/mol. The van der Waals surface area contributed by atoms with Gasteiger partial charge >= 0.3 is 0 Å². The lowest BCUT2D eigenvalue weighted by atomic mass is 9.85. The predicted octanol–water partition coefficient (Wildman–Crippen LogP) is -0.0648. The van der Waals surface area contributed by atoms with Gasteiger partial charge < -0.3 is 10.0 Å². The molecule has 0 bridgehead atoms. The van der Waals surface area contributed by atoms with Crippen LogP contribution in [0, 0.1) is 5.41 Å². The molecule has 1 amide bonds. The number of nitrogens with zero attached hydrogens (tertiary/aromatic N) is 1. The molecule has 1 saturated heterocycles. The van der Waals surface area contributed by atoms with Crippen LogP contribution in [0.4, 0.5) is 0 Å². The third-order valence-electron chi connectivity index (χ3n) is 3.31. The highest BCUT2D eigenvalue weighted by Crippen LogP contribution is 2.26. The average Bonchev–Trinajstić information content (AvgIpc) is 2.61. The van der Waals surface area contributed by atoms with E-state index in [-0.39, 0.29) is 11.3 Å². The van der Waals surface area contributed by atoms with Gasteiger partial charge in [-0.3, -0.25) is 4.79 Å². The van der Waals surface area contributed by atoms with E-state index in [4.69, 9.17) is 0 Å². The summed E-state index contributed by atoms with van der Waals surface area (Å²) in [5, 5.41) is 9.41. The number of carbonyl (C=O) groups is 1. The van der Waals surface area contributed by atoms with Crippen LogP contribution in [-0.4, -0.2) is 56.3 Å². The van der Waals surface area contributed by atoms with Crippen molar-refractivity contribution in [1.82, 2.24) is 9.62 Å². The number of carbonyl (C=O) groups excluding carboxylic acids is 1. The number of likely N-dealkylation sites (tertiary alicyclic amines) is 1. The van der Waals surface area contributed by atoms with E-state index in [0.717, 1.165) is 6.26 Å². The van der Waals surface area contributed by atoms with Gasteiger partial charge in [0, 0.05) is 26.1 Å². The Labute approximate surface area is 115 Å². The van der Waals surface area contributed by atoms with Crippen LogP contribution in [0.3, 0.4) is 0 Å². The first-order valence-electron chi connectivity index (χ1n) is 6.49. The Morgan fingerprint density at radius 1 is 1.47 bits per heavy atom. The fourth-order valence-corrected chi connectivity index (χ4v) is 2.63. The summed E-state index contributed by atoms with van der Waals surface area (Å²) < 4.78 is 24.4. The van der Waals surface area contributed by atoms with Gasteiger partial charge in [0.2, 0.25) is 15.9 Å². The van der Waals surface area contributed by atoms with Gasteiger partial charge in [0.25, 0.3) is 0 Å². The zero-order chi connectivity index (χ0) is 14.7. The summed E-state index contributed by atoms with van der Waals surface area (Å²) in [7, 11) is -3.18. The second kappa shape index (κ2) is 6.19. The van der Waals surface area contributed by atoms with Crippen molar-refractivity contribution in [1.29, 1.82) is 0 Å². The Morgan fingerprint density at radius 2 is 2.11 bits per heavy atom. The predicted molar refractivity (Wildman–Crippen MR) is 73.1 cm³/mol. The molecule has 0 aromatic carbocycles. The molecule has 1 aliphatic rings. The van der Waals surface area contributed by atoms with Crippen molar-refractivity contribution in [2.75, 3.05) is 25.9 Å². The maximum Gasteiger partial charge on any atom is 0.223 e. The van der Waals surface area contributed by atoms with E-state index in [9.17, 15) is 18.3 Å². The SMILES string of the molecule is CC(C)(CCNS(C)(=O)=O)CC(=O)N1CCC(O)C1. The number of aliphatic hydroxyl groups is 1. The molecule has 6 nitrogen and oxygen atoms in total. The largest absolute Gasteiger partial charge is 0.391 e. The molecule has 1 atom stereocenters. The zero-order valence-electron chi connectivity index (χ0n) is 11.8. The molecule has 0 aromatic rings. The Kier molecular flexibility index (Phi) is 5.34. The Bertz CT molecular complexity index is 419. The molecule has 19 heavy (non-hydrogen) atoms. The molecular formula is C12H24N2O4S. The molecule has 0 aromatic heterocycles. The highest BCUT2D eigenvalue weighted by Gasteiger charge is 2.29. The van der Waals surface area contributed by atoms with Crippen LogP contribution in [0.25, 0.3) is 0 Å². The zero-order valence-corrected chi connectivity index (χ0v) is 12.7. The van der Waals surface area contributed by atoms with Crippen molar-refractivity contribution in [2.24, 2.45) is 5.41 Å². The molecule has 2 N–H and O–H groups in total. The van der Waals surface area contributed by atoms with Crippen LogP contribution in [-0.2, 0) is 14.8 Å². The van der Waals surface area contributed by atoms with Crippen LogP contribution in [0.15, 0.2) is 0 Å². The summed E-state index contributed by atoms with van der Waals surface area (Å²) in [4.78, 5) is 13.7. The number of amides is 1. The van der Waals surface area contributed by atoms with Crippen molar-refractivity contribution >= 4 is 15.9 Å². The standard InChI is InChI=1S/C12H24N2O4S/c1-12(2,5-6-13-19(3,17)18)8-11(16)14-7-4-10(15)9-14/h10,13,15H,4-9H2,1-3H3. The quantitative estimate of drug-likeness (QED) is 0.718. The normalized spacial score (nSPS) is 20.8. The maximum absolute atomic E-state index is 12.0. The van der Waals surface area contributed by atoms with Crippen LogP contribution in [0.1, 0.15) is 33.1 Å². The second-order valence-electron chi connectivity index (χ2n) is 6.04. The van der Waals surface area contributed by atoms with E-state index < -0.39 is 16.1 Å². The highest BCUT2D eigenvalue weighted by molar-refractivity contribution is 7.88. The minimum atomic E-state index is -3.18. The third kappa shape index (κ3) is 6.35. The number of hydrogen-bond donors (Lipinski definition) is 2. The molecule has 0 aliphatic carbocycles. The smallest absolute Gasteiger partial charge is 0.223 e. The van der Waals surface area contributed by atoms with E-state index in [1.54, 1.807) is 4.90 Å². The number of hydrogen-bond acceptors (Lipinski definition) is 4.